The van der Waals surface area contributed by atoms with Crippen molar-refractivity contribution in [2.24, 2.45) is 0 Å². The number of nitrogens with two attached hydrogens (primary N) is 1. The van der Waals surface area contributed by atoms with E-state index in [2.05, 4.69) is 0 Å². The molecular formula is C13H14N2O3. The van der Waals surface area contributed by atoms with Gasteiger partial charge in [-0.25, -0.2) is 9.36 Å². The topological polar surface area (TPSA) is 74.3 Å². The van der Waals surface area contributed by atoms with Gasteiger partial charge < -0.3 is 10.5 Å². The fourth-order valence-electron chi connectivity index (χ4n) is 1.99. The van der Waals surface area contributed by atoms with Gasteiger partial charge in [0.25, 0.3) is 0 Å². The van der Waals surface area contributed by atoms with Gasteiger partial charge in [0.05, 0.1) is 17.8 Å². The van der Waals surface area contributed by atoms with Crippen LogP contribution in [0.4, 0.5) is 10.5 Å². The van der Waals surface area contributed by atoms with Gasteiger partial charge in [0.2, 0.25) is 0 Å². The van der Waals surface area contributed by atoms with Crippen LogP contribution >= 0.6 is 0 Å². The Kier molecular flexibility index (Phi) is 3.06. The second-order valence-corrected chi connectivity index (χ2v) is 3.87. The Morgan fingerprint density at radius 1 is 1.33 bits per heavy atom. The lowest BCUT2D eigenvalue weighted by atomic mass is 10.2. The van der Waals surface area contributed by atoms with Gasteiger partial charge in [-0.3, -0.25) is 4.79 Å². The van der Waals surface area contributed by atoms with E-state index in [4.69, 9.17) is 10.5 Å². The second-order valence-electron chi connectivity index (χ2n) is 3.87. The molecule has 5 nitrogen and oxygen atoms in total. The summed E-state index contributed by atoms with van der Waals surface area (Å²) in [6.45, 7) is 3.32. The van der Waals surface area contributed by atoms with E-state index >= 15 is 0 Å². The maximum atomic E-state index is 11.9. The van der Waals surface area contributed by atoms with E-state index in [0.29, 0.717) is 16.6 Å². The highest BCUT2D eigenvalue weighted by molar-refractivity contribution is 6.11. The van der Waals surface area contributed by atoms with Crippen LogP contribution in [0.25, 0.3) is 10.9 Å². The van der Waals surface area contributed by atoms with E-state index in [1.165, 1.54) is 11.5 Å². The van der Waals surface area contributed by atoms with E-state index in [1.54, 1.807) is 31.2 Å². The number of ether oxygens (including phenoxy) is 1. The summed E-state index contributed by atoms with van der Waals surface area (Å²) < 4.78 is 6.19. The van der Waals surface area contributed by atoms with Crippen molar-refractivity contribution < 1.29 is 14.3 Å². The van der Waals surface area contributed by atoms with Crippen molar-refractivity contribution >= 4 is 28.5 Å². The number of para-hydroxylation sites is 1. The Morgan fingerprint density at radius 2 is 2.00 bits per heavy atom. The minimum absolute atomic E-state index is 0.176. The van der Waals surface area contributed by atoms with Crippen LogP contribution in [0.1, 0.15) is 24.3 Å². The number of benzene rings is 1. The molecule has 0 saturated carbocycles. The molecule has 1 heterocycles. The molecule has 94 valence electrons. The Hall–Kier alpha value is -2.30. The van der Waals surface area contributed by atoms with Crippen molar-refractivity contribution in [3.63, 3.8) is 0 Å². The van der Waals surface area contributed by atoms with Crippen LogP contribution in [-0.2, 0) is 4.74 Å². The van der Waals surface area contributed by atoms with Crippen LogP contribution in [0.5, 0.6) is 0 Å². The number of Topliss-reactive ketones (excluding diaryl/α,β-unsaturated/α-hetero) is 1. The highest BCUT2D eigenvalue weighted by atomic mass is 16.5. The van der Waals surface area contributed by atoms with Gasteiger partial charge in [0.15, 0.2) is 5.78 Å². The zero-order chi connectivity index (χ0) is 13.3. The second kappa shape index (κ2) is 4.52. The lowest BCUT2D eigenvalue weighted by molar-refractivity contribution is 0.100. The summed E-state index contributed by atoms with van der Waals surface area (Å²) in [4.78, 5) is 23.6. The van der Waals surface area contributed by atoms with Crippen LogP contribution < -0.4 is 5.73 Å². The molecule has 0 unspecified atom stereocenters. The van der Waals surface area contributed by atoms with Gasteiger partial charge in [-0.05, 0) is 13.0 Å². The van der Waals surface area contributed by atoms with Crippen molar-refractivity contribution in [2.75, 3.05) is 12.3 Å². The van der Waals surface area contributed by atoms with Gasteiger partial charge in [-0.15, -0.1) is 0 Å². The van der Waals surface area contributed by atoms with Crippen LogP contribution in [0.3, 0.4) is 0 Å². The highest BCUT2D eigenvalue weighted by Crippen LogP contribution is 2.28. The third kappa shape index (κ3) is 1.73. The van der Waals surface area contributed by atoms with Gasteiger partial charge >= 0.3 is 6.09 Å². The van der Waals surface area contributed by atoms with E-state index in [9.17, 15) is 9.59 Å². The van der Waals surface area contributed by atoms with Crippen molar-refractivity contribution in [3.8, 4) is 0 Å². The number of hydrogen-bond donors (Lipinski definition) is 1. The molecule has 0 saturated heterocycles. The predicted molar refractivity (Wildman–Crippen MR) is 68.8 cm³/mol. The molecule has 0 aliphatic carbocycles. The summed E-state index contributed by atoms with van der Waals surface area (Å²) in [5.41, 5.74) is 6.99. The maximum absolute atomic E-state index is 11.9. The molecule has 2 rings (SSSR count). The fourth-order valence-corrected chi connectivity index (χ4v) is 1.99. The zero-order valence-corrected chi connectivity index (χ0v) is 10.3. The lowest BCUT2D eigenvalue weighted by Crippen LogP contribution is -2.18. The van der Waals surface area contributed by atoms with Gasteiger partial charge in [0.1, 0.15) is 5.69 Å². The summed E-state index contributed by atoms with van der Waals surface area (Å²) in [5.74, 6) is -0.267. The number of rotatable bonds is 2. The normalized spacial score (nSPS) is 10.6. The average molecular weight is 246 g/mol. The SMILES string of the molecule is CCOC(=O)n1c(C(C)=O)c(N)c2ccccc21. The number of aromatic nitrogens is 1. The molecule has 0 bridgehead atoms. The molecule has 2 aromatic rings. The first-order valence-corrected chi connectivity index (χ1v) is 5.65. The predicted octanol–water partition coefficient (Wildman–Crippen LogP) is 2.43. The molecule has 0 atom stereocenters. The van der Waals surface area contributed by atoms with E-state index in [1.807, 2.05) is 0 Å². The molecular weight excluding hydrogens is 232 g/mol. The minimum Gasteiger partial charge on any atom is -0.449 e. The zero-order valence-electron chi connectivity index (χ0n) is 10.3. The first-order chi connectivity index (χ1) is 8.57. The molecule has 18 heavy (non-hydrogen) atoms. The lowest BCUT2D eigenvalue weighted by Gasteiger charge is -2.07. The first kappa shape index (κ1) is 12.2. The molecule has 0 radical (unpaired) electrons. The van der Waals surface area contributed by atoms with Crippen molar-refractivity contribution in [2.45, 2.75) is 13.8 Å². The monoisotopic (exact) mass is 246 g/mol. The molecule has 2 N–H and O–H groups in total. The summed E-state index contributed by atoms with van der Waals surface area (Å²) in [5, 5.41) is 0.677. The van der Waals surface area contributed by atoms with Crippen LogP contribution in [0.2, 0.25) is 0 Å². The summed E-state index contributed by atoms with van der Waals surface area (Å²) >= 11 is 0. The van der Waals surface area contributed by atoms with Crippen LogP contribution in [0, 0.1) is 0 Å². The molecule has 1 aromatic carbocycles. The fraction of sp³-hybridized carbons (Fsp3) is 0.231. The highest BCUT2D eigenvalue weighted by Gasteiger charge is 2.22. The van der Waals surface area contributed by atoms with E-state index < -0.39 is 6.09 Å². The van der Waals surface area contributed by atoms with Crippen molar-refractivity contribution in [3.05, 3.63) is 30.0 Å². The van der Waals surface area contributed by atoms with Crippen LogP contribution in [-0.4, -0.2) is 23.1 Å². The molecule has 5 heteroatoms. The van der Waals surface area contributed by atoms with Crippen molar-refractivity contribution in [1.82, 2.24) is 4.57 Å². The first-order valence-electron chi connectivity index (χ1n) is 5.65. The van der Waals surface area contributed by atoms with E-state index in [-0.39, 0.29) is 18.1 Å². The Morgan fingerprint density at radius 3 is 2.61 bits per heavy atom. The smallest absolute Gasteiger partial charge is 0.419 e. The molecule has 0 amide bonds. The molecule has 0 fully saturated rings. The number of carbonyl (C=O) groups is 2. The van der Waals surface area contributed by atoms with Gasteiger partial charge in [0, 0.05) is 12.3 Å². The minimum atomic E-state index is -0.587. The maximum Gasteiger partial charge on any atom is 0.419 e. The van der Waals surface area contributed by atoms with Gasteiger partial charge in [-0.1, -0.05) is 18.2 Å². The standard InChI is InChI=1S/C13H14N2O3/c1-3-18-13(17)15-10-7-5-4-6-9(10)11(14)12(15)8(2)16/h4-7H,3,14H2,1-2H3. The number of hydrogen-bond acceptors (Lipinski definition) is 4. The number of anilines is 1. The Bertz CT molecular complexity index is 628. The number of nitrogen functional groups attached to an aromatic ring is 1. The number of fused-ring (bicyclic) bond motifs is 1. The number of nitrogens with zero attached hydrogens (tertiary/aromatic N) is 1. The third-order valence-electron chi connectivity index (χ3n) is 2.70. The molecule has 1 aromatic heterocycles. The van der Waals surface area contributed by atoms with E-state index in [0.717, 1.165) is 0 Å². The largest absolute Gasteiger partial charge is 0.449 e. The third-order valence-corrected chi connectivity index (χ3v) is 2.70. The van der Waals surface area contributed by atoms with Crippen LogP contribution in [0.15, 0.2) is 24.3 Å². The summed E-state index contributed by atoms with van der Waals surface area (Å²) in [6.07, 6.45) is -0.587. The van der Waals surface area contributed by atoms with Crippen molar-refractivity contribution in [1.29, 1.82) is 0 Å². The Labute approximate surface area is 104 Å². The summed E-state index contributed by atoms with van der Waals surface area (Å²) in [7, 11) is 0. The quantitative estimate of drug-likeness (QED) is 0.826. The Balaban J connectivity index is 2.79. The number of carbonyl (C=O) groups excluding carboxylic acids is 2. The molecule has 0 spiro atoms. The molecule has 0 aliphatic rings. The molecule has 0 aliphatic heterocycles. The van der Waals surface area contributed by atoms with Gasteiger partial charge in [-0.2, -0.15) is 0 Å². The summed E-state index contributed by atoms with van der Waals surface area (Å²) in [6, 6.07) is 7.08. The number of ketones is 1. The average Bonchev–Trinajstić information content (AvgIpc) is 2.64.